The van der Waals surface area contributed by atoms with Gasteiger partial charge in [0.05, 0.1) is 11.3 Å². The molecular formula is C21H26N2O5. The molecule has 2 fully saturated rings. The lowest BCUT2D eigenvalue weighted by atomic mass is 9.78. The Morgan fingerprint density at radius 3 is 2.57 bits per heavy atom. The van der Waals surface area contributed by atoms with E-state index in [1.165, 1.54) is 18.6 Å². The molecule has 1 aliphatic heterocycles. The number of hydrogen-bond donors (Lipinski definition) is 1. The van der Waals surface area contributed by atoms with Gasteiger partial charge in [0.25, 0.3) is 5.91 Å². The third-order valence-electron chi connectivity index (χ3n) is 5.78. The van der Waals surface area contributed by atoms with Crippen molar-refractivity contribution in [3.8, 4) is 0 Å². The van der Waals surface area contributed by atoms with Crippen LogP contribution in [0.2, 0.25) is 0 Å². The van der Waals surface area contributed by atoms with Crippen molar-refractivity contribution in [3.63, 3.8) is 0 Å². The van der Waals surface area contributed by atoms with Gasteiger partial charge in [-0.05, 0) is 36.5 Å². The van der Waals surface area contributed by atoms with Gasteiger partial charge in [-0.1, -0.05) is 32.8 Å². The summed E-state index contributed by atoms with van der Waals surface area (Å²) in [5.74, 6) is -0.612. The fourth-order valence-electron chi connectivity index (χ4n) is 3.89. The van der Waals surface area contributed by atoms with Crippen LogP contribution in [0, 0.1) is 11.8 Å². The maximum atomic E-state index is 12.3. The van der Waals surface area contributed by atoms with Crippen molar-refractivity contribution in [3.05, 3.63) is 29.8 Å². The number of ether oxygens (including phenoxy) is 1. The van der Waals surface area contributed by atoms with Crippen molar-refractivity contribution in [2.45, 2.75) is 52.0 Å². The molecule has 7 heteroatoms. The molecule has 3 amide bonds. The largest absolute Gasteiger partial charge is 0.452 e. The molecule has 1 aromatic rings. The predicted molar refractivity (Wildman–Crippen MR) is 103 cm³/mol. The zero-order valence-electron chi connectivity index (χ0n) is 16.3. The fourth-order valence-corrected chi connectivity index (χ4v) is 3.89. The van der Waals surface area contributed by atoms with Gasteiger partial charge in [-0.2, -0.15) is 0 Å². The maximum absolute atomic E-state index is 12.3. The number of rotatable bonds is 5. The quantitative estimate of drug-likeness (QED) is 0.620. The van der Waals surface area contributed by atoms with Gasteiger partial charge in [-0.3, -0.25) is 19.3 Å². The Labute approximate surface area is 164 Å². The summed E-state index contributed by atoms with van der Waals surface area (Å²) in [6, 6.07) is 6.24. The molecule has 0 unspecified atom stereocenters. The Hall–Kier alpha value is -2.70. The first kappa shape index (κ1) is 20.0. The van der Waals surface area contributed by atoms with Crippen molar-refractivity contribution in [2.24, 2.45) is 11.8 Å². The van der Waals surface area contributed by atoms with Crippen molar-refractivity contribution < 1.29 is 23.9 Å². The summed E-state index contributed by atoms with van der Waals surface area (Å²) in [4.78, 5) is 49.3. The van der Waals surface area contributed by atoms with Crippen LogP contribution < -0.4 is 10.2 Å². The summed E-state index contributed by atoms with van der Waals surface area (Å²) in [6.45, 7) is 3.96. The Morgan fingerprint density at radius 1 is 1.14 bits per heavy atom. The molecule has 1 aliphatic carbocycles. The standard InChI is InChI=1S/C21H26N2O5/c1-13-5-3-8-17(14(13)2)22-18(24)12-28-21(27)15-6-4-7-16(11-15)23-19(25)9-10-20(23)26/h4,6-7,11,13-14,17H,3,5,8-10,12H2,1-2H3,(H,22,24)/t13-,14-,17-/m1/s1. The molecule has 0 bridgehead atoms. The van der Waals surface area contributed by atoms with E-state index in [2.05, 4.69) is 19.2 Å². The highest BCUT2D eigenvalue weighted by molar-refractivity contribution is 6.20. The molecule has 28 heavy (non-hydrogen) atoms. The molecular weight excluding hydrogens is 360 g/mol. The van der Waals surface area contributed by atoms with Gasteiger partial charge in [0.15, 0.2) is 6.61 Å². The van der Waals surface area contributed by atoms with Gasteiger partial charge in [0.2, 0.25) is 11.8 Å². The normalized spacial score (nSPS) is 24.9. The first-order valence-electron chi connectivity index (χ1n) is 9.79. The molecule has 0 radical (unpaired) electrons. The van der Waals surface area contributed by atoms with E-state index in [1.54, 1.807) is 12.1 Å². The molecule has 1 aromatic carbocycles. The fraction of sp³-hybridized carbons (Fsp3) is 0.524. The highest BCUT2D eigenvalue weighted by atomic mass is 16.5. The molecule has 0 aromatic heterocycles. The monoisotopic (exact) mass is 386 g/mol. The number of benzene rings is 1. The van der Waals surface area contributed by atoms with E-state index < -0.39 is 5.97 Å². The first-order valence-corrected chi connectivity index (χ1v) is 9.79. The van der Waals surface area contributed by atoms with E-state index in [0.29, 0.717) is 17.5 Å². The van der Waals surface area contributed by atoms with E-state index in [9.17, 15) is 19.2 Å². The Balaban J connectivity index is 1.56. The van der Waals surface area contributed by atoms with Crippen molar-refractivity contribution in [1.82, 2.24) is 5.32 Å². The van der Waals surface area contributed by atoms with Crippen LogP contribution in [-0.2, 0) is 19.1 Å². The minimum absolute atomic E-state index is 0.102. The van der Waals surface area contributed by atoms with Crippen molar-refractivity contribution in [2.75, 3.05) is 11.5 Å². The lowest BCUT2D eigenvalue weighted by molar-refractivity contribution is -0.125. The highest BCUT2D eigenvalue weighted by Gasteiger charge is 2.31. The summed E-state index contributed by atoms with van der Waals surface area (Å²) in [7, 11) is 0. The number of anilines is 1. The zero-order valence-corrected chi connectivity index (χ0v) is 16.3. The van der Waals surface area contributed by atoms with Crippen LogP contribution in [0.4, 0.5) is 5.69 Å². The second-order valence-corrected chi connectivity index (χ2v) is 7.69. The van der Waals surface area contributed by atoms with E-state index in [4.69, 9.17) is 4.74 Å². The zero-order chi connectivity index (χ0) is 20.3. The van der Waals surface area contributed by atoms with Crippen LogP contribution >= 0.6 is 0 Å². The number of carbonyl (C=O) groups is 4. The molecule has 1 saturated heterocycles. The molecule has 150 valence electrons. The summed E-state index contributed by atoms with van der Waals surface area (Å²) < 4.78 is 5.13. The third kappa shape index (κ3) is 4.40. The Bertz CT molecular complexity index is 775. The summed E-state index contributed by atoms with van der Waals surface area (Å²) in [5.41, 5.74) is 0.536. The molecule has 2 aliphatic rings. The Morgan fingerprint density at radius 2 is 1.86 bits per heavy atom. The number of carbonyl (C=O) groups excluding carboxylic acids is 4. The third-order valence-corrected chi connectivity index (χ3v) is 5.78. The molecule has 1 saturated carbocycles. The average molecular weight is 386 g/mol. The van der Waals surface area contributed by atoms with Gasteiger partial charge in [0.1, 0.15) is 0 Å². The topological polar surface area (TPSA) is 92.8 Å². The minimum atomic E-state index is -0.666. The number of nitrogens with one attached hydrogen (secondary N) is 1. The minimum Gasteiger partial charge on any atom is -0.452 e. The smallest absolute Gasteiger partial charge is 0.338 e. The van der Waals surface area contributed by atoms with E-state index >= 15 is 0 Å². The second-order valence-electron chi connectivity index (χ2n) is 7.69. The molecule has 3 rings (SSSR count). The van der Waals surface area contributed by atoms with Crippen LogP contribution in [0.15, 0.2) is 24.3 Å². The molecule has 3 atom stereocenters. The van der Waals surface area contributed by atoms with Crippen LogP contribution in [0.3, 0.4) is 0 Å². The number of nitrogens with zero attached hydrogens (tertiary/aromatic N) is 1. The number of hydrogen-bond acceptors (Lipinski definition) is 5. The van der Waals surface area contributed by atoms with E-state index in [1.807, 2.05) is 0 Å². The second kappa shape index (κ2) is 8.54. The molecule has 0 spiro atoms. The van der Waals surface area contributed by atoms with Crippen LogP contribution in [-0.4, -0.2) is 36.3 Å². The summed E-state index contributed by atoms with van der Waals surface area (Å²) in [5, 5.41) is 2.96. The van der Waals surface area contributed by atoms with Gasteiger partial charge in [-0.25, -0.2) is 4.79 Å². The van der Waals surface area contributed by atoms with Gasteiger partial charge < -0.3 is 10.1 Å². The van der Waals surface area contributed by atoms with E-state index in [-0.39, 0.29) is 48.8 Å². The van der Waals surface area contributed by atoms with Gasteiger partial charge in [0, 0.05) is 18.9 Å². The van der Waals surface area contributed by atoms with E-state index in [0.717, 1.165) is 17.7 Å². The summed E-state index contributed by atoms with van der Waals surface area (Å²) in [6.07, 6.45) is 3.53. The first-order chi connectivity index (χ1) is 13.4. The SMILES string of the molecule is C[C@@H]1[C@H](C)CCC[C@H]1NC(=O)COC(=O)c1cccc(N2C(=O)CCC2=O)c1. The van der Waals surface area contributed by atoms with Gasteiger partial charge >= 0.3 is 5.97 Å². The average Bonchev–Trinajstić information content (AvgIpc) is 3.02. The molecule has 7 nitrogen and oxygen atoms in total. The lowest BCUT2D eigenvalue weighted by Crippen LogP contribution is -2.45. The maximum Gasteiger partial charge on any atom is 0.338 e. The highest BCUT2D eigenvalue weighted by Crippen LogP contribution is 2.29. The lowest BCUT2D eigenvalue weighted by Gasteiger charge is -2.34. The molecule has 1 N–H and O–H groups in total. The molecule has 1 heterocycles. The van der Waals surface area contributed by atoms with Gasteiger partial charge in [-0.15, -0.1) is 0 Å². The number of imide groups is 1. The summed E-state index contributed by atoms with van der Waals surface area (Å²) >= 11 is 0. The van der Waals surface area contributed by atoms with Crippen molar-refractivity contribution in [1.29, 1.82) is 0 Å². The van der Waals surface area contributed by atoms with Crippen LogP contribution in [0.1, 0.15) is 56.3 Å². The van der Waals surface area contributed by atoms with Crippen molar-refractivity contribution >= 4 is 29.4 Å². The predicted octanol–water partition coefficient (Wildman–Crippen LogP) is 2.44. The van der Waals surface area contributed by atoms with Crippen LogP contribution in [0.25, 0.3) is 0 Å². The number of amides is 3. The number of esters is 1. The Kier molecular flexibility index (Phi) is 6.11. The van der Waals surface area contributed by atoms with Crippen LogP contribution in [0.5, 0.6) is 0 Å².